The molecule has 0 amide bonds. The molecule has 7 nitrogen and oxygen atoms in total. The molecule has 5 N–H and O–H groups in total. The number of nitrogens with two attached hydrogens (primary N) is 2. The first-order valence-corrected chi connectivity index (χ1v) is 12.9. The van der Waals surface area contributed by atoms with Crippen LogP contribution in [0.15, 0.2) is 64.4 Å². The number of primary sulfonamides is 2. The molecule has 0 saturated carbocycles. The quantitative estimate of drug-likeness (QED) is 0.494. The van der Waals surface area contributed by atoms with Crippen molar-refractivity contribution < 1.29 is 16.8 Å². The number of fused-ring (bicyclic) bond motifs is 1. The fraction of sp³-hybridized carbons (Fsp3) is 0.130. The van der Waals surface area contributed by atoms with E-state index in [0.29, 0.717) is 23.2 Å². The molecule has 0 atom stereocenters. The maximum Gasteiger partial charge on any atom is 0.239 e. The molecule has 3 aromatic carbocycles. The first kappa shape index (κ1) is 22.4. The van der Waals surface area contributed by atoms with E-state index in [1.807, 2.05) is 18.2 Å². The van der Waals surface area contributed by atoms with Crippen molar-refractivity contribution in [2.24, 2.45) is 10.3 Å². The minimum atomic E-state index is -4.09. The van der Waals surface area contributed by atoms with Crippen molar-refractivity contribution in [2.45, 2.75) is 29.8 Å². The van der Waals surface area contributed by atoms with Crippen LogP contribution in [0.4, 0.5) is 0 Å². The lowest BCUT2D eigenvalue weighted by molar-refractivity contribution is 0.596. The van der Waals surface area contributed by atoms with Crippen molar-refractivity contribution >= 4 is 32.2 Å². The fourth-order valence-electron chi connectivity index (χ4n) is 4.00. The number of hydrogen-bond donors (Lipinski definition) is 3. The number of nitrogens with one attached hydrogen (secondary N) is 1. The standard InChI is InChI=1S/C23H23N3O4S2/c1-15-8-9-16(22(12-15)31(24,27)28)10-11-17-4-2-7-20(23(17)32(25,29)30)19-6-3-5-18-13-26-14-21(18)19/h2-12,26H,13-14H2,1H3,(H2,24,27,28)(H2,25,29,30). The maximum atomic E-state index is 12.6. The van der Waals surface area contributed by atoms with Crippen LogP contribution >= 0.6 is 0 Å². The lowest BCUT2D eigenvalue weighted by atomic mass is 9.95. The highest BCUT2D eigenvalue weighted by Crippen LogP contribution is 2.35. The Morgan fingerprint density at radius 3 is 2.22 bits per heavy atom. The van der Waals surface area contributed by atoms with Crippen molar-refractivity contribution in [3.05, 3.63) is 82.4 Å². The van der Waals surface area contributed by atoms with Gasteiger partial charge in [-0.1, -0.05) is 60.7 Å². The van der Waals surface area contributed by atoms with E-state index in [1.54, 1.807) is 43.3 Å². The zero-order valence-electron chi connectivity index (χ0n) is 17.4. The lowest BCUT2D eigenvalue weighted by Gasteiger charge is -2.14. The maximum absolute atomic E-state index is 12.6. The SMILES string of the molecule is Cc1ccc(C=Cc2cccc(-c3cccc4c3CNC4)c2S(N)(=O)=O)c(S(N)(=O)=O)c1. The summed E-state index contributed by atoms with van der Waals surface area (Å²) in [5.41, 5.74) is 4.90. The molecule has 0 radical (unpaired) electrons. The van der Waals surface area contributed by atoms with E-state index < -0.39 is 20.0 Å². The molecule has 1 aliphatic heterocycles. The highest BCUT2D eigenvalue weighted by Gasteiger charge is 2.23. The highest BCUT2D eigenvalue weighted by atomic mass is 32.2. The van der Waals surface area contributed by atoms with Crippen LogP contribution in [0.5, 0.6) is 0 Å². The molecule has 0 spiro atoms. The Morgan fingerprint density at radius 2 is 1.50 bits per heavy atom. The first-order valence-electron chi connectivity index (χ1n) is 9.85. The van der Waals surface area contributed by atoms with Crippen molar-refractivity contribution in [1.29, 1.82) is 0 Å². The van der Waals surface area contributed by atoms with Crippen LogP contribution in [-0.2, 0) is 33.1 Å². The Labute approximate surface area is 187 Å². The van der Waals surface area contributed by atoms with Gasteiger partial charge in [-0.05, 0) is 46.4 Å². The van der Waals surface area contributed by atoms with E-state index >= 15 is 0 Å². The van der Waals surface area contributed by atoms with Gasteiger partial charge in [0.15, 0.2) is 0 Å². The van der Waals surface area contributed by atoms with Crippen LogP contribution in [0, 0.1) is 6.92 Å². The van der Waals surface area contributed by atoms with Crippen molar-refractivity contribution in [2.75, 3.05) is 0 Å². The minimum Gasteiger partial charge on any atom is -0.309 e. The summed E-state index contributed by atoms with van der Waals surface area (Å²) in [6.07, 6.45) is 3.08. The van der Waals surface area contributed by atoms with Crippen molar-refractivity contribution in [3.8, 4) is 11.1 Å². The van der Waals surface area contributed by atoms with E-state index in [9.17, 15) is 16.8 Å². The third-order valence-corrected chi connectivity index (χ3v) is 7.42. The van der Waals surface area contributed by atoms with Gasteiger partial charge in [0.25, 0.3) is 0 Å². The van der Waals surface area contributed by atoms with Gasteiger partial charge in [-0.3, -0.25) is 0 Å². The van der Waals surface area contributed by atoms with E-state index in [0.717, 1.165) is 28.8 Å². The lowest BCUT2D eigenvalue weighted by Crippen LogP contribution is -2.15. The van der Waals surface area contributed by atoms with Crippen LogP contribution in [0.1, 0.15) is 27.8 Å². The second kappa shape index (κ2) is 8.27. The number of hydrogen-bond acceptors (Lipinski definition) is 5. The third kappa shape index (κ3) is 4.38. The summed E-state index contributed by atoms with van der Waals surface area (Å²) in [5, 5.41) is 14.3. The number of rotatable bonds is 5. The molecular weight excluding hydrogens is 446 g/mol. The Balaban J connectivity index is 1.90. The zero-order chi connectivity index (χ0) is 23.1. The summed E-state index contributed by atoms with van der Waals surface area (Å²) in [7, 11) is -8.05. The molecule has 32 heavy (non-hydrogen) atoms. The molecule has 4 rings (SSSR count). The van der Waals surface area contributed by atoms with Crippen molar-refractivity contribution in [3.63, 3.8) is 0 Å². The topological polar surface area (TPSA) is 132 Å². The highest BCUT2D eigenvalue weighted by molar-refractivity contribution is 7.89. The van der Waals surface area contributed by atoms with Gasteiger partial charge in [-0.2, -0.15) is 0 Å². The summed E-state index contributed by atoms with van der Waals surface area (Å²) in [6, 6.07) is 15.7. The first-order chi connectivity index (χ1) is 15.1. The van der Waals surface area contributed by atoms with E-state index in [2.05, 4.69) is 5.32 Å². The van der Waals surface area contributed by atoms with Gasteiger partial charge in [0, 0.05) is 18.7 Å². The molecule has 9 heteroatoms. The molecular formula is C23H23N3O4S2. The van der Waals surface area contributed by atoms with Gasteiger partial charge >= 0.3 is 0 Å². The van der Waals surface area contributed by atoms with Crippen molar-refractivity contribution in [1.82, 2.24) is 5.32 Å². The number of benzene rings is 3. The Morgan fingerprint density at radius 1 is 0.812 bits per heavy atom. The van der Waals surface area contributed by atoms with Gasteiger partial charge in [0.2, 0.25) is 20.0 Å². The average Bonchev–Trinajstić information content (AvgIpc) is 3.20. The monoisotopic (exact) mass is 469 g/mol. The molecule has 0 saturated heterocycles. The van der Waals surface area contributed by atoms with Gasteiger partial charge < -0.3 is 5.32 Å². The summed E-state index contributed by atoms with van der Waals surface area (Å²) in [5.74, 6) is 0. The minimum absolute atomic E-state index is 0.0131. The van der Waals surface area contributed by atoms with Crippen LogP contribution in [0.2, 0.25) is 0 Å². The molecule has 0 aliphatic carbocycles. The number of sulfonamides is 2. The Hall–Kier alpha value is -2.82. The third-order valence-electron chi connectivity index (χ3n) is 5.43. The summed E-state index contributed by atoms with van der Waals surface area (Å²) < 4.78 is 49.3. The van der Waals surface area contributed by atoms with Crippen LogP contribution < -0.4 is 15.6 Å². The van der Waals surface area contributed by atoms with Gasteiger partial charge in [-0.25, -0.2) is 27.1 Å². The van der Waals surface area contributed by atoms with Gasteiger partial charge in [0.05, 0.1) is 9.79 Å². The summed E-state index contributed by atoms with van der Waals surface area (Å²) in [4.78, 5) is -0.0465. The Bertz CT molecular complexity index is 1460. The van der Waals surface area contributed by atoms with Crippen LogP contribution in [0.25, 0.3) is 23.3 Å². The van der Waals surface area contributed by atoms with Gasteiger partial charge in [-0.15, -0.1) is 0 Å². The predicted molar refractivity (Wildman–Crippen MR) is 125 cm³/mol. The molecule has 0 unspecified atom stereocenters. The zero-order valence-corrected chi connectivity index (χ0v) is 19.0. The normalized spacial score (nSPS) is 14.1. The molecule has 1 aliphatic rings. The average molecular weight is 470 g/mol. The second-order valence-corrected chi connectivity index (χ2v) is 10.8. The van der Waals surface area contributed by atoms with Gasteiger partial charge in [0.1, 0.15) is 0 Å². The Kier molecular flexibility index (Phi) is 5.78. The largest absolute Gasteiger partial charge is 0.309 e. The summed E-state index contributed by atoms with van der Waals surface area (Å²) in [6.45, 7) is 3.12. The fourth-order valence-corrected chi connectivity index (χ4v) is 5.77. The molecule has 0 aromatic heterocycles. The van der Waals surface area contributed by atoms with Crippen LogP contribution in [0.3, 0.4) is 0 Å². The molecule has 0 fully saturated rings. The smallest absolute Gasteiger partial charge is 0.239 e. The molecule has 3 aromatic rings. The molecule has 0 bridgehead atoms. The molecule has 1 heterocycles. The molecule has 166 valence electrons. The van der Waals surface area contributed by atoms with E-state index in [1.165, 1.54) is 12.1 Å². The number of aryl methyl sites for hydroxylation is 1. The van der Waals surface area contributed by atoms with E-state index in [-0.39, 0.29) is 9.79 Å². The second-order valence-electron chi connectivity index (χ2n) is 7.74. The van der Waals surface area contributed by atoms with E-state index in [4.69, 9.17) is 10.3 Å². The summed E-state index contributed by atoms with van der Waals surface area (Å²) >= 11 is 0. The predicted octanol–water partition coefficient (Wildman–Crippen LogP) is 2.73. The van der Waals surface area contributed by atoms with Crippen LogP contribution in [-0.4, -0.2) is 16.8 Å².